The summed E-state index contributed by atoms with van der Waals surface area (Å²) < 4.78 is 29.2. The molecule has 0 bridgehead atoms. The van der Waals surface area contributed by atoms with E-state index < -0.39 is 0 Å². The maximum absolute atomic E-state index is 5.98. The Bertz CT molecular complexity index is 1030. The fourth-order valence-corrected chi connectivity index (χ4v) is 13.2. The lowest BCUT2D eigenvalue weighted by molar-refractivity contribution is -0.208. The van der Waals surface area contributed by atoms with Crippen LogP contribution in [0.3, 0.4) is 0 Å². The molecular formula is C95H218O5. The highest BCUT2D eigenvalue weighted by atomic mass is 16.7. The summed E-state index contributed by atoms with van der Waals surface area (Å²) in [6.07, 6.45) is 26.3. The minimum atomic E-state index is 0.0541. The Morgan fingerprint density at radius 2 is 0.400 bits per heavy atom. The lowest BCUT2D eigenvalue weighted by Gasteiger charge is -2.37. The average molecular weight is 1440 g/mol. The molecule has 2 aliphatic carbocycles. The fourth-order valence-electron chi connectivity index (χ4n) is 13.2. The van der Waals surface area contributed by atoms with Crippen molar-refractivity contribution in [1.82, 2.24) is 0 Å². The molecule has 0 N–H and O–H groups in total. The van der Waals surface area contributed by atoms with Gasteiger partial charge in [-0.25, -0.2) is 0 Å². The molecule has 6 rings (SSSR count). The number of rotatable bonds is 20. The normalized spacial score (nSPS) is 22.7. The second-order valence-electron chi connectivity index (χ2n) is 28.9. The maximum Gasteiger partial charge on any atom is 0.157 e. The van der Waals surface area contributed by atoms with Gasteiger partial charge in [0.2, 0.25) is 0 Å². The predicted molar refractivity (Wildman–Crippen MR) is 475 cm³/mol. The Hall–Kier alpha value is -0.200. The van der Waals surface area contributed by atoms with Crippen molar-refractivity contribution in [2.75, 3.05) is 33.0 Å². The summed E-state index contributed by atoms with van der Waals surface area (Å²) in [5.74, 6) is 15.1. The standard InChI is InChI=1S/C14H26O2.C14H28.C13H26O.C12H24O2.C12H24.15C2H6/c1-9(2)5-11-7-15-14-12(6-10(3)4)8-16-13(11)14;1-11(2)9-13-5-7-14(8-6-13)10-12(3)4;1-10(2)7-12-5-6-13(14-9-12)8-11(3)4;1-9(2)5-11-7-13-12(14-8-11)6-10(3)4;1-9(2)5-11-7-12(8-11)6-10(3)4;15*1-2/h9-14H,5-8H2,1-4H3;11-14H,5-10H2,1-4H3;10-13H,5-9H2,1-4H3;9-12H,5-8H2,1-4H3;9-12H,5-8H2,1-4H3;15*1-2H3. The molecule has 100 heavy (non-hydrogen) atoms. The van der Waals surface area contributed by atoms with Gasteiger partial charge in [0.1, 0.15) is 0 Å². The summed E-state index contributed by atoms with van der Waals surface area (Å²) in [6.45, 7) is 111. The summed E-state index contributed by atoms with van der Waals surface area (Å²) >= 11 is 0. The van der Waals surface area contributed by atoms with E-state index in [0.29, 0.717) is 42.0 Å². The Morgan fingerprint density at radius 1 is 0.190 bits per heavy atom. The van der Waals surface area contributed by atoms with Crippen molar-refractivity contribution in [3.8, 4) is 0 Å². The van der Waals surface area contributed by atoms with Gasteiger partial charge in [-0.3, -0.25) is 0 Å². The first-order valence-corrected chi connectivity index (χ1v) is 46.0. The molecule has 2 saturated carbocycles. The third-order valence-corrected chi connectivity index (χ3v) is 15.8. The van der Waals surface area contributed by atoms with Gasteiger partial charge in [0.15, 0.2) is 6.29 Å². The van der Waals surface area contributed by atoms with Crippen LogP contribution in [0.1, 0.15) is 462 Å². The molecule has 4 aliphatic heterocycles. The van der Waals surface area contributed by atoms with E-state index in [9.17, 15) is 0 Å². The Morgan fingerprint density at radius 3 is 0.630 bits per heavy atom. The quantitative estimate of drug-likeness (QED) is 0.122. The van der Waals surface area contributed by atoms with Gasteiger partial charge < -0.3 is 23.7 Å². The molecule has 4 heterocycles. The Kier molecular flexibility index (Phi) is 142. The molecule has 5 heteroatoms. The lowest BCUT2D eigenvalue weighted by atomic mass is 9.69. The van der Waals surface area contributed by atoms with Crippen molar-refractivity contribution in [2.45, 2.75) is 486 Å². The smallest absolute Gasteiger partial charge is 0.157 e. The van der Waals surface area contributed by atoms with Crippen molar-refractivity contribution in [1.29, 1.82) is 0 Å². The van der Waals surface area contributed by atoms with Crippen molar-refractivity contribution in [3.05, 3.63) is 0 Å². The van der Waals surface area contributed by atoms with Crippen LogP contribution in [0.4, 0.5) is 0 Å². The molecule has 0 radical (unpaired) electrons. The first kappa shape index (κ1) is 132. The average Bonchev–Trinajstić information content (AvgIpc) is 1.65. The summed E-state index contributed by atoms with van der Waals surface area (Å²) in [5.41, 5.74) is 0. The first-order valence-electron chi connectivity index (χ1n) is 46.0. The first-order chi connectivity index (χ1) is 47.9. The molecule has 6 fully saturated rings. The van der Waals surface area contributed by atoms with Crippen molar-refractivity contribution in [2.24, 2.45) is 107 Å². The second-order valence-corrected chi connectivity index (χ2v) is 28.9. The maximum atomic E-state index is 5.98. The Labute approximate surface area is 646 Å². The van der Waals surface area contributed by atoms with Gasteiger partial charge in [0.05, 0.1) is 44.7 Å². The molecule has 5 nitrogen and oxygen atoms in total. The van der Waals surface area contributed by atoms with Crippen LogP contribution in [0.25, 0.3) is 0 Å². The van der Waals surface area contributed by atoms with Crippen LogP contribution in [0.2, 0.25) is 0 Å². The van der Waals surface area contributed by atoms with Crippen molar-refractivity contribution in [3.63, 3.8) is 0 Å². The van der Waals surface area contributed by atoms with Crippen LogP contribution in [0.5, 0.6) is 0 Å². The van der Waals surface area contributed by atoms with Gasteiger partial charge in [-0.05, 0) is 172 Å². The van der Waals surface area contributed by atoms with Gasteiger partial charge in [0.25, 0.3) is 0 Å². The summed E-state index contributed by atoms with van der Waals surface area (Å²) in [4.78, 5) is 0. The molecule has 0 spiro atoms. The topological polar surface area (TPSA) is 46.2 Å². The summed E-state index contributed by atoms with van der Waals surface area (Å²) in [7, 11) is 0. The highest BCUT2D eigenvalue weighted by Gasteiger charge is 2.47. The molecule has 4 saturated heterocycles. The molecule has 6 aliphatic rings. The second kappa shape index (κ2) is 107. The number of fused-ring (bicyclic) bond motifs is 1. The van der Waals surface area contributed by atoms with Gasteiger partial charge in [0, 0.05) is 30.8 Å². The molecule has 628 valence electrons. The zero-order valence-corrected chi connectivity index (χ0v) is 81.0. The van der Waals surface area contributed by atoms with Gasteiger partial charge >= 0.3 is 0 Å². The van der Waals surface area contributed by atoms with E-state index in [1.54, 1.807) is 0 Å². The van der Waals surface area contributed by atoms with Crippen molar-refractivity contribution >= 4 is 0 Å². The largest absolute Gasteiger partial charge is 0.378 e. The predicted octanol–water partition coefficient (Wildman–Crippen LogP) is 34.4. The van der Waals surface area contributed by atoms with E-state index in [2.05, 4.69) is 138 Å². The number of hydrogen-bond donors (Lipinski definition) is 0. The number of ether oxygens (including phenoxy) is 5. The molecular weight excluding hydrogens is 1220 g/mol. The minimum Gasteiger partial charge on any atom is -0.378 e. The van der Waals surface area contributed by atoms with Crippen LogP contribution in [-0.2, 0) is 23.7 Å². The summed E-state index contributed by atoms with van der Waals surface area (Å²) in [5, 5.41) is 0. The Balaban J connectivity index is -0.0000000702. The number of hydrogen-bond acceptors (Lipinski definition) is 5. The van der Waals surface area contributed by atoms with Crippen LogP contribution < -0.4 is 0 Å². The lowest BCUT2D eigenvalue weighted by Crippen LogP contribution is -2.33. The van der Waals surface area contributed by atoms with Crippen LogP contribution in [0.15, 0.2) is 0 Å². The van der Waals surface area contributed by atoms with Gasteiger partial charge in [-0.15, -0.1) is 0 Å². The zero-order chi connectivity index (χ0) is 82.5. The minimum absolute atomic E-state index is 0.0541. The van der Waals surface area contributed by atoms with Crippen LogP contribution in [-0.4, -0.2) is 57.6 Å². The third kappa shape index (κ3) is 92.0. The van der Waals surface area contributed by atoms with Gasteiger partial charge in [-0.2, -0.15) is 0 Å². The highest BCUT2D eigenvalue weighted by molar-refractivity contribution is 4.94. The molecule has 0 amide bonds. The van der Waals surface area contributed by atoms with E-state index in [-0.39, 0.29) is 6.29 Å². The molecule has 0 aromatic rings. The molecule has 6 unspecified atom stereocenters. The van der Waals surface area contributed by atoms with E-state index in [1.165, 1.54) is 109 Å². The molecule has 0 aromatic carbocycles. The van der Waals surface area contributed by atoms with E-state index in [0.717, 1.165) is 122 Å². The zero-order valence-electron chi connectivity index (χ0n) is 81.0. The van der Waals surface area contributed by atoms with Crippen LogP contribution in [0, 0.1) is 107 Å². The fraction of sp³-hybridized carbons (Fsp3) is 1.00. The van der Waals surface area contributed by atoms with E-state index in [1.807, 2.05) is 208 Å². The van der Waals surface area contributed by atoms with E-state index >= 15 is 0 Å². The SMILES string of the molecule is CC.CC.CC.CC.CC.CC.CC.CC.CC.CC.CC.CC.CC.CC.CC.CC(C)CC1CC(CC(C)C)C1.CC(C)CC1CCC(CC(C)C)CC1.CC(C)CC1CCC(CC(C)C)OC1.CC(C)CC1COC(CC(C)C)OC1.CC(C)CC1COC2C(CC(C)C)COC12. The van der Waals surface area contributed by atoms with Gasteiger partial charge in [-0.1, -0.05) is 372 Å². The monoisotopic (exact) mass is 1440 g/mol. The summed E-state index contributed by atoms with van der Waals surface area (Å²) in [6, 6.07) is 0. The highest BCUT2D eigenvalue weighted by Crippen LogP contribution is 2.42. The van der Waals surface area contributed by atoms with Crippen LogP contribution >= 0.6 is 0 Å². The molecule has 0 aromatic heterocycles. The van der Waals surface area contributed by atoms with E-state index in [4.69, 9.17) is 23.7 Å². The molecule has 6 atom stereocenters. The third-order valence-electron chi connectivity index (χ3n) is 15.8. The van der Waals surface area contributed by atoms with Crippen molar-refractivity contribution < 1.29 is 23.7 Å².